The quantitative estimate of drug-likeness (QED) is 0.657. The van der Waals surface area contributed by atoms with Gasteiger partial charge < -0.3 is 16.2 Å². The Labute approximate surface area is 119 Å². The molecule has 0 radical (unpaired) electrons. The predicted molar refractivity (Wildman–Crippen MR) is 71.8 cm³/mol. The monoisotopic (exact) mass is 290 g/mol. The Kier molecular flexibility index (Phi) is 4.44. The van der Waals surface area contributed by atoms with Gasteiger partial charge in [-0.15, -0.1) is 0 Å². The highest BCUT2D eigenvalue weighted by atomic mass is 16.4. The number of nitrogen functional groups attached to an aromatic ring is 1. The Balaban J connectivity index is 2.06. The van der Waals surface area contributed by atoms with E-state index in [1.807, 2.05) is 6.07 Å². The van der Waals surface area contributed by atoms with Crippen LogP contribution in [0.25, 0.3) is 0 Å². The van der Waals surface area contributed by atoms with Gasteiger partial charge in [0.1, 0.15) is 6.54 Å². The standard InChI is InChI=1S/C12H14N6O3/c13-12-15-16-17-18(12)7-10(19)14-9(6-11(20)21)8-4-2-1-3-5-8/h1-5,9H,6-7H2,(H,14,19)(H,20,21)(H2,13,15,17)/t9-/m0/s1. The largest absolute Gasteiger partial charge is 0.481 e. The fourth-order valence-electron chi connectivity index (χ4n) is 1.81. The number of nitrogens with one attached hydrogen (secondary N) is 1. The number of rotatable bonds is 6. The normalized spacial score (nSPS) is 11.8. The number of carbonyl (C=O) groups excluding carboxylic acids is 1. The molecule has 0 saturated carbocycles. The lowest BCUT2D eigenvalue weighted by Crippen LogP contribution is -2.33. The smallest absolute Gasteiger partial charge is 0.305 e. The van der Waals surface area contributed by atoms with Gasteiger partial charge in [-0.05, 0) is 16.0 Å². The number of carbonyl (C=O) groups is 2. The van der Waals surface area contributed by atoms with E-state index in [0.29, 0.717) is 5.56 Å². The van der Waals surface area contributed by atoms with Crippen LogP contribution in [0, 0.1) is 0 Å². The summed E-state index contributed by atoms with van der Waals surface area (Å²) in [4.78, 5) is 22.9. The van der Waals surface area contributed by atoms with Crippen molar-refractivity contribution in [3.63, 3.8) is 0 Å². The number of hydrogen-bond donors (Lipinski definition) is 3. The van der Waals surface area contributed by atoms with Crippen LogP contribution in [0.3, 0.4) is 0 Å². The first-order valence-corrected chi connectivity index (χ1v) is 6.14. The van der Waals surface area contributed by atoms with Crippen LogP contribution in [-0.4, -0.2) is 37.2 Å². The van der Waals surface area contributed by atoms with Crippen molar-refractivity contribution in [1.29, 1.82) is 0 Å². The molecule has 1 aromatic heterocycles. The van der Waals surface area contributed by atoms with Crippen molar-refractivity contribution in [3.05, 3.63) is 35.9 Å². The molecule has 0 fully saturated rings. The zero-order valence-electron chi connectivity index (χ0n) is 11.0. The third-order valence-corrected chi connectivity index (χ3v) is 2.77. The molecule has 1 atom stereocenters. The summed E-state index contributed by atoms with van der Waals surface area (Å²) < 4.78 is 1.12. The van der Waals surface area contributed by atoms with Crippen molar-refractivity contribution < 1.29 is 14.7 Å². The van der Waals surface area contributed by atoms with Crippen molar-refractivity contribution in [2.45, 2.75) is 19.0 Å². The SMILES string of the molecule is Nc1nnnn1CC(=O)N[C@@H](CC(=O)O)c1ccccc1. The van der Waals surface area contributed by atoms with Gasteiger partial charge in [0, 0.05) is 0 Å². The molecule has 0 spiro atoms. The molecule has 9 heteroatoms. The molecule has 1 heterocycles. The lowest BCUT2D eigenvalue weighted by atomic mass is 10.0. The van der Waals surface area contributed by atoms with Gasteiger partial charge in [0.25, 0.3) is 0 Å². The summed E-state index contributed by atoms with van der Waals surface area (Å²) >= 11 is 0. The second-order valence-corrected chi connectivity index (χ2v) is 4.32. The van der Waals surface area contributed by atoms with Crippen molar-refractivity contribution in [3.8, 4) is 0 Å². The van der Waals surface area contributed by atoms with Crippen LogP contribution in [0.1, 0.15) is 18.0 Å². The number of nitrogens with two attached hydrogens (primary N) is 1. The summed E-state index contributed by atoms with van der Waals surface area (Å²) in [6.45, 7) is -0.179. The Morgan fingerprint density at radius 1 is 1.33 bits per heavy atom. The molecular formula is C12H14N6O3. The van der Waals surface area contributed by atoms with E-state index in [-0.39, 0.29) is 18.9 Å². The zero-order chi connectivity index (χ0) is 15.2. The van der Waals surface area contributed by atoms with Gasteiger partial charge in [-0.25, -0.2) is 4.68 Å². The number of tetrazole rings is 1. The highest BCUT2D eigenvalue weighted by Gasteiger charge is 2.18. The fraction of sp³-hybridized carbons (Fsp3) is 0.250. The van der Waals surface area contributed by atoms with Gasteiger partial charge in [-0.2, -0.15) is 0 Å². The second-order valence-electron chi connectivity index (χ2n) is 4.32. The van der Waals surface area contributed by atoms with Gasteiger partial charge in [0.05, 0.1) is 12.5 Å². The number of hydrogen-bond acceptors (Lipinski definition) is 6. The number of nitrogens with zero attached hydrogens (tertiary/aromatic N) is 4. The molecule has 1 aromatic carbocycles. The predicted octanol–water partition coefficient (Wildman–Crippen LogP) is -0.412. The second kappa shape index (κ2) is 6.46. The first kappa shape index (κ1) is 14.4. The van der Waals surface area contributed by atoms with Gasteiger partial charge in [0.2, 0.25) is 11.9 Å². The van der Waals surface area contributed by atoms with Crippen LogP contribution in [-0.2, 0) is 16.1 Å². The van der Waals surface area contributed by atoms with Crippen LogP contribution in [0.15, 0.2) is 30.3 Å². The molecule has 0 aliphatic carbocycles. The maximum Gasteiger partial charge on any atom is 0.305 e. The summed E-state index contributed by atoms with van der Waals surface area (Å²) in [7, 11) is 0. The van der Waals surface area contributed by atoms with Crippen molar-refractivity contribution in [2.24, 2.45) is 0 Å². The van der Waals surface area contributed by atoms with Crippen LogP contribution in [0.2, 0.25) is 0 Å². The molecule has 0 bridgehead atoms. The van der Waals surface area contributed by atoms with E-state index in [1.54, 1.807) is 24.3 Å². The van der Waals surface area contributed by atoms with E-state index in [2.05, 4.69) is 20.8 Å². The topological polar surface area (TPSA) is 136 Å². The van der Waals surface area contributed by atoms with Crippen molar-refractivity contribution >= 4 is 17.8 Å². The first-order chi connectivity index (χ1) is 10.1. The number of carboxylic acids is 1. The lowest BCUT2D eigenvalue weighted by molar-refractivity contribution is -0.137. The third-order valence-electron chi connectivity index (χ3n) is 2.77. The molecular weight excluding hydrogens is 276 g/mol. The van der Waals surface area contributed by atoms with E-state index in [1.165, 1.54) is 0 Å². The lowest BCUT2D eigenvalue weighted by Gasteiger charge is -2.17. The summed E-state index contributed by atoms with van der Waals surface area (Å²) in [6.07, 6.45) is -0.221. The number of aromatic nitrogens is 4. The average Bonchev–Trinajstić information content (AvgIpc) is 2.84. The first-order valence-electron chi connectivity index (χ1n) is 6.14. The van der Waals surface area contributed by atoms with Crippen LogP contribution in [0.4, 0.5) is 5.95 Å². The summed E-state index contributed by atoms with van der Waals surface area (Å²) in [6, 6.07) is 8.23. The number of anilines is 1. The molecule has 110 valence electrons. The van der Waals surface area contributed by atoms with Crippen molar-refractivity contribution in [2.75, 3.05) is 5.73 Å². The minimum absolute atomic E-state index is 0.0136. The molecule has 4 N–H and O–H groups in total. The Morgan fingerprint density at radius 3 is 2.62 bits per heavy atom. The van der Waals surface area contributed by atoms with E-state index < -0.39 is 17.9 Å². The number of aliphatic carboxylic acids is 1. The van der Waals surface area contributed by atoms with E-state index in [0.717, 1.165) is 4.68 Å². The van der Waals surface area contributed by atoms with Gasteiger partial charge in [0.15, 0.2) is 0 Å². The summed E-state index contributed by atoms with van der Waals surface area (Å²) in [5.41, 5.74) is 6.17. The maximum atomic E-state index is 12.0. The Morgan fingerprint density at radius 2 is 2.05 bits per heavy atom. The highest BCUT2D eigenvalue weighted by molar-refractivity contribution is 5.77. The fourth-order valence-corrected chi connectivity index (χ4v) is 1.81. The van der Waals surface area contributed by atoms with Gasteiger partial charge in [-0.1, -0.05) is 35.4 Å². The zero-order valence-corrected chi connectivity index (χ0v) is 11.0. The maximum absolute atomic E-state index is 12.0. The molecule has 9 nitrogen and oxygen atoms in total. The molecule has 2 aromatic rings. The van der Waals surface area contributed by atoms with E-state index >= 15 is 0 Å². The third kappa shape index (κ3) is 4.00. The van der Waals surface area contributed by atoms with Gasteiger partial charge >= 0.3 is 5.97 Å². The van der Waals surface area contributed by atoms with Gasteiger partial charge in [-0.3, -0.25) is 9.59 Å². The number of amides is 1. The van der Waals surface area contributed by atoms with Crippen molar-refractivity contribution in [1.82, 2.24) is 25.5 Å². The van der Waals surface area contributed by atoms with Crippen LogP contribution >= 0.6 is 0 Å². The molecule has 0 aliphatic heterocycles. The minimum atomic E-state index is -1.01. The summed E-state index contributed by atoms with van der Waals surface area (Å²) in [5.74, 6) is -1.42. The Hall–Kier alpha value is -2.97. The number of carboxylic acid groups (broad SMARTS) is 1. The van der Waals surface area contributed by atoms with E-state index in [9.17, 15) is 9.59 Å². The molecule has 0 unspecified atom stereocenters. The average molecular weight is 290 g/mol. The Bertz CT molecular complexity index is 627. The molecule has 0 saturated heterocycles. The van der Waals surface area contributed by atoms with Crippen LogP contribution in [0.5, 0.6) is 0 Å². The van der Waals surface area contributed by atoms with Crippen LogP contribution < -0.4 is 11.1 Å². The molecule has 0 aliphatic rings. The molecule has 1 amide bonds. The summed E-state index contributed by atoms with van der Waals surface area (Å²) in [5, 5.41) is 21.9. The highest BCUT2D eigenvalue weighted by Crippen LogP contribution is 2.16. The molecule has 21 heavy (non-hydrogen) atoms. The number of benzene rings is 1. The van der Waals surface area contributed by atoms with E-state index in [4.69, 9.17) is 10.8 Å². The minimum Gasteiger partial charge on any atom is -0.481 e. The molecule has 2 rings (SSSR count).